The highest BCUT2D eigenvalue weighted by Crippen LogP contribution is 2.55. The molecule has 7 nitrogen and oxygen atoms in total. The first-order chi connectivity index (χ1) is 18.8. The van der Waals surface area contributed by atoms with Crippen LogP contribution in [0.25, 0.3) is 0 Å². The van der Waals surface area contributed by atoms with Gasteiger partial charge in [-0.2, -0.15) is 0 Å². The van der Waals surface area contributed by atoms with Crippen LogP contribution in [0.2, 0.25) is 10.0 Å². The molecule has 1 spiro atoms. The van der Waals surface area contributed by atoms with Gasteiger partial charge in [-0.05, 0) is 37.1 Å². The van der Waals surface area contributed by atoms with Crippen LogP contribution in [0.3, 0.4) is 0 Å². The molecule has 2 N–H and O–H groups in total. The van der Waals surface area contributed by atoms with Crippen molar-refractivity contribution in [3.05, 3.63) is 76.0 Å². The van der Waals surface area contributed by atoms with Crippen LogP contribution in [0.1, 0.15) is 37.7 Å². The number of ether oxygens (including phenoxy) is 1. The number of fused-ring (bicyclic) bond motifs is 1. The molecule has 3 aliphatic heterocycles. The zero-order valence-electron chi connectivity index (χ0n) is 21.0. The van der Waals surface area contributed by atoms with Crippen LogP contribution in [0.15, 0.2) is 54.6 Å². The van der Waals surface area contributed by atoms with Crippen molar-refractivity contribution in [2.24, 2.45) is 11.8 Å². The van der Waals surface area contributed by atoms with Crippen molar-refractivity contribution in [3.8, 4) is 0 Å². The maximum atomic E-state index is 14.7. The minimum absolute atomic E-state index is 0.00127. The van der Waals surface area contributed by atoms with E-state index in [0.717, 1.165) is 32.1 Å². The highest BCUT2D eigenvalue weighted by Gasteiger charge is 2.72. The number of rotatable bonds is 6. The standard InChI is InChI=1S/C29H28Cl2FN3O4/c30-17-12-18(31)14-20(13-17)34-26(36)23-22-10-11-29(39-22)24(23)28(38)35(15-16-6-4-5-9-21(16)32)25(29)27(37)33-19-7-2-1-3-8-19/h4-6,9-14,19,22-25H,1-3,7-8,15H2,(H,33,37)(H,34,36)/t22-,23?,24-,25?,29?/m0/s1. The van der Waals surface area contributed by atoms with Crippen LogP contribution in [0, 0.1) is 17.7 Å². The predicted molar refractivity (Wildman–Crippen MR) is 145 cm³/mol. The molecule has 4 aliphatic rings. The Bertz CT molecular complexity index is 1340. The second-order valence-electron chi connectivity index (χ2n) is 10.7. The van der Waals surface area contributed by atoms with E-state index >= 15 is 0 Å². The predicted octanol–water partition coefficient (Wildman–Crippen LogP) is 4.87. The Kier molecular flexibility index (Phi) is 6.90. The first kappa shape index (κ1) is 26.3. The van der Waals surface area contributed by atoms with Crippen LogP contribution < -0.4 is 10.6 Å². The monoisotopic (exact) mass is 571 g/mol. The van der Waals surface area contributed by atoms with Gasteiger partial charge in [0.25, 0.3) is 0 Å². The largest absolute Gasteiger partial charge is 0.359 e. The number of carbonyl (C=O) groups is 3. The minimum atomic E-state index is -1.33. The molecule has 10 heteroatoms. The van der Waals surface area contributed by atoms with E-state index in [1.807, 2.05) is 0 Å². The van der Waals surface area contributed by atoms with Gasteiger partial charge in [-0.15, -0.1) is 0 Å². The van der Waals surface area contributed by atoms with Crippen molar-refractivity contribution in [1.82, 2.24) is 10.2 Å². The third-order valence-corrected chi connectivity index (χ3v) is 8.74. The van der Waals surface area contributed by atoms with Gasteiger partial charge in [0.2, 0.25) is 17.7 Å². The molecule has 204 valence electrons. The lowest BCUT2D eigenvalue weighted by Crippen LogP contribution is -2.56. The SMILES string of the molecule is O=C(Nc1cc(Cl)cc(Cl)c1)C1[C@@H]2C=CC3(O2)C(C(=O)NC2CCCCC2)N(Cc2ccccc2F)C(=O)[C@H]13. The van der Waals surface area contributed by atoms with Gasteiger partial charge in [-0.25, -0.2) is 4.39 Å². The molecule has 2 aromatic carbocycles. The Morgan fingerprint density at radius 1 is 1.05 bits per heavy atom. The first-order valence-electron chi connectivity index (χ1n) is 13.3. The fourth-order valence-corrected chi connectivity index (χ4v) is 7.15. The Labute approximate surface area is 235 Å². The third kappa shape index (κ3) is 4.62. The zero-order valence-corrected chi connectivity index (χ0v) is 22.6. The van der Waals surface area contributed by atoms with E-state index in [0.29, 0.717) is 15.7 Å². The molecular formula is C29H28Cl2FN3O4. The fourth-order valence-electron chi connectivity index (χ4n) is 6.63. The van der Waals surface area contributed by atoms with Crippen LogP contribution >= 0.6 is 23.2 Å². The molecule has 0 aromatic heterocycles. The van der Waals surface area contributed by atoms with E-state index in [9.17, 15) is 18.8 Å². The number of likely N-dealkylation sites (tertiary alicyclic amines) is 1. The number of nitrogens with zero attached hydrogens (tertiary/aromatic N) is 1. The second-order valence-corrected chi connectivity index (χ2v) is 11.6. The van der Waals surface area contributed by atoms with Gasteiger partial charge in [0, 0.05) is 33.9 Å². The molecule has 6 rings (SSSR count). The fraction of sp³-hybridized carbons (Fsp3) is 0.414. The van der Waals surface area contributed by atoms with Crippen LogP contribution in [0.4, 0.5) is 10.1 Å². The zero-order chi connectivity index (χ0) is 27.3. The number of carbonyl (C=O) groups excluding carboxylic acids is 3. The number of hydrogen-bond donors (Lipinski definition) is 2. The number of anilines is 1. The van der Waals surface area contributed by atoms with Gasteiger partial charge in [-0.1, -0.05) is 72.8 Å². The average Bonchev–Trinajstić information content (AvgIpc) is 3.53. The highest BCUT2D eigenvalue weighted by atomic mass is 35.5. The summed E-state index contributed by atoms with van der Waals surface area (Å²) in [5, 5.41) is 6.64. The lowest BCUT2D eigenvalue weighted by Gasteiger charge is -2.34. The summed E-state index contributed by atoms with van der Waals surface area (Å²) < 4.78 is 21.0. The Morgan fingerprint density at radius 3 is 2.49 bits per heavy atom. The van der Waals surface area contributed by atoms with Crippen LogP contribution in [0.5, 0.6) is 0 Å². The smallest absolute Gasteiger partial charge is 0.246 e. The van der Waals surface area contributed by atoms with Gasteiger partial charge in [-0.3, -0.25) is 14.4 Å². The lowest BCUT2D eigenvalue weighted by molar-refractivity contribution is -0.142. The van der Waals surface area contributed by atoms with Gasteiger partial charge in [0.1, 0.15) is 17.5 Å². The molecule has 2 aromatic rings. The molecule has 3 fully saturated rings. The van der Waals surface area contributed by atoms with E-state index < -0.39 is 47.2 Å². The molecule has 3 unspecified atom stereocenters. The summed E-state index contributed by atoms with van der Waals surface area (Å²) in [7, 11) is 0. The molecule has 1 aliphatic carbocycles. The van der Waals surface area contributed by atoms with Crippen molar-refractivity contribution < 1.29 is 23.5 Å². The quantitative estimate of drug-likeness (QED) is 0.484. The summed E-state index contributed by atoms with van der Waals surface area (Å²) >= 11 is 12.2. The molecule has 3 heterocycles. The van der Waals surface area contributed by atoms with E-state index in [4.69, 9.17) is 27.9 Å². The first-order valence-corrected chi connectivity index (χ1v) is 14.0. The molecule has 0 radical (unpaired) electrons. The Morgan fingerprint density at radius 2 is 1.77 bits per heavy atom. The van der Waals surface area contributed by atoms with E-state index in [-0.39, 0.29) is 24.1 Å². The van der Waals surface area contributed by atoms with Crippen molar-refractivity contribution in [1.29, 1.82) is 0 Å². The van der Waals surface area contributed by atoms with Crippen molar-refractivity contribution >= 4 is 46.6 Å². The number of hydrogen-bond acceptors (Lipinski definition) is 4. The third-order valence-electron chi connectivity index (χ3n) is 8.31. The second kappa shape index (κ2) is 10.2. The van der Waals surface area contributed by atoms with Crippen molar-refractivity contribution in [2.75, 3.05) is 5.32 Å². The Hall–Kier alpha value is -2.94. The summed E-state index contributed by atoms with van der Waals surface area (Å²) in [6.45, 7) is -0.118. The molecule has 5 atom stereocenters. The summed E-state index contributed by atoms with van der Waals surface area (Å²) in [5.74, 6) is -3.52. The van der Waals surface area contributed by atoms with E-state index in [2.05, 4.69) is 10.6 Å². The average molecular weight is 572 g/mol. The summed E-state index contributed by atoms with van der Waals surface area (Å²) in [6, 6.07) is 9.79. The van der Waals surface area contributed by atoms with Crippen LogP contribution in [-0.4, -0.2) is 46.4 Å². The maximum absolute atomic E-state index is 14.7. The Balaban J connectivity index is 1.34. The van der Waals surface area contributed by atoms with Gasteiger partial charge in [0.15, 0.2) is 0 Å². The van der Waals surface area contributed by atoms with E-state index in [1.165, 1.54) is 11.0 Å². The minimum Gasteiger partial charge on any atom is -0.359 e. The van der Waals surface area contributed by atoms with Crippen molar-refractivity contribution in [3.63, 3.8) is 0 Å². The normalized spacial score (nSPS) is 29.5. The number of nitrogens with one attached hydrogen (secondary N) is 2. The van der Waals surface area contributed by atoms with Crippen LogP contribution in [-0.2, 0) is 25.7 Å². The molecule has 3 amide bonds. The maximum Gasteiger partial charge on any atom is 0.246 e. The summed E-state index contributed by atoms with van der Waals surface area (Å²) in [5.41, 5.74) is -0.663. The van der Waals surface area contributed by atoms with E-state index in [1.54, 1.807) is 48.6 Å². The van der Waals surface area contributed by atoms with Gasteiger partial charge >= 0.3 is 0 Å². The molecule has 39 heavy (non-hydrogen) atoms. The van der Waals surface area contributed by atoms with Crippen molar-refractivity contribution in [2.45, 2.75) is 62.4 Å². The number of halogens is 3. The van der Waals surface area contributed by atoms with Gasteiger partial charge < -0.3 is 20.3 Å². The topological polar surface area (TPSA) is 87.7 Å². The summed E-state index contributed by atoms with van der Waals surface area (Å²) in [4.78, 5) is 42.9. The lowest BCUT2D eigenvalue weighted by atomic mass is 9.74. The number of benzene rings is 2. The molecule has 2 bridgehead atoms. The number of amides is 3. The molecular weight excluding hydrogens is 544 g/mol. The molecule has 1 saturated carbocycles. The van der Waals surface area contributed by atoms with Gasteiger partial charge in [0.05, 0.1) is 17.9 Å². The summed E-state index contributed by atoms with van der Waals surface area (Å²) in [6.07, 6.45) is 7.70. The highest BCUT2D eigenvalue weighted by molar-refractivity contribution is 6.35. The molecule has 2 saturated heterocycles.